The van der Waals surface area contributed by atoms with E-state index in [0.29, 0.717) is 65.8 Å². The van der Waals surface area contributed by atoms with Crippen molar-refractivity contribution in [3.8, 4) is 17.2 Å². The average molecular weight is 598 g/mol. The Bertz CT molecular complexity index is 1570. The molecule has 0 aliphatic carbocycles. The number of nitrogens with zero attached hydrogens (tertiary/aromatic N) is 3. The van der Waals surface area contributed by atoms with Gasteiger partial charge in [-0.2, -0.15) is 0 Å². The Morgan fingerprint density at radius 2 is 1.34 bits per heavy atom. The molecule has 2 heterocycles. The second-order valence-corrected chi connectivity index (χ2v) is 10.6. The van der Waals surface area contributed by atoms with Gasteiger partial charge in [-0.3, -0.25) is 24.1 Å². The van der Waals surface area contributed by atoms with E-state index < -0.39 is 6.04 Å². The van der Waals surface area contributed by atoms with Gasteiger partial charge in [0, 0.05) is 43.0 Å². The van der Waals surface area contributed by atoms with E-state index in [9.17, 15) is 19.2 Å². The van der Waals surface area contributed by atoms with Crippen LogP contribution in [0.5, 0.6) is 17.2 Å². The van der Waals surface area contributed by atoms with Crippen LogP contribution >= 0.6 is 0 Å². The van der Waals surface area contributed by atoms with Crippen LogP contribution in [0.2, 0.25) is 0 Å². The molecule has 0 N–H and O–H groups in total. The van der Waals surface area contributed by atoms with Crippen LogP contribution in [0.15, 0.2) is 66.7 Å². The second-order valence-electron chi connectivity index (χ2n) is 10.6. The van der Waals surface area contributed by atoms with Gasteiger partial charge in [-0.05, 0) is 79.2 Å². The summed E-state index contributed by atoms with van der Waals surface area (Å²) in [6.45, 7) is 4.23. The zero-order valence-electron chi connectivity index (χ0n) is 25.2. The molecule has 5 rings (SSSR count). The molecular weight excluding hydrogens is 562 g/mol. The van der Waals surface area contributed by atoms with E-state index in [1.165, 1.54) is 32.3 Å². The first-order valence-corrected chi connectivity index (χ1v) is 14.3. The molecule has 2 aliphatic rings. The van der Waals surface area contributed by atoms with Gasteiger partial charge in [-0.15, -0.1) is 0 Å². The van der Waals surface area contributed by atoms with Gasteiger partial charge in [-0.25, -0.2) is 4.90 Å². The molecule has 2 fully saturated rings. The maximum Gasteiger partial charge on any atom is 0.251 e. The summed E-state index contributed by atoms with van der Waals surface area (Å²) in [6, 6.07) is 17.0. The van der Waals surface area contributed by atoms with Crippen molar-refractivity contribution in [2.45, 2.75) is 19.4 Å². The standard InChI is InChI=1S/C34H35N3O7/c1-22(38)24-6-10-26(11-7-24)35-15-17-36(18-16-35)28-21-32(40)37(34(28)41)27-12-8-25(9-13-27)29(39)14-5-23-19-30(42-2)33(44-4)31(20-23)43-3/h5-14,19-20,28H,15-18,21H2,1-4H3/b14-5+/t28-/m1/s1. The van der Waals surface area contributed by atoms with Crippen LogP contribution in [0.1, 0.15) is 39.6 Å². The first-order valence-electron chi connectivity index (χ1n) is 14.3. The van der Waals surface area contributed by atoms with E-state index in [1.54, 1.807) is 49.4 Å². The van der Waals surface area contributed by atoms with E-state index in [-0.39, 0.29) is 29.8 Å². The molecule has 0 bridgehead atoms. The van der Waals surface area contributed by atoms with Gasteiger partial charge in [-0.1, -0.05) is 6.08 Å². The van der Waals surface area contributed by atoms with E-state index in [2.05, 4.69) is 9.80 Å². The Labute approximate surface area is 256 Å². The number of carbonyl (C=O) groups is 4. The first-order chi connectivity index (χ1) is 21.2. The van der Waals surface area contributed by atoms with Gasteiger partial charge in [0.25, 0.3) is 5.91 Å². The van der Waals surface area contributed by atoms with Crippen LogP contribution in [0.3, 0.4) is 0 Å². The van der Waals surface area contributed by atoms with Crippen molar-refractivity contribution in [2.24, 2.45) is 0 Å². The molecule has 2 saturated heterocycles. The minimum absolute atomic E-state index is 0.0286. The summed E-state index contributed by atoms with van der Waals surface area (Å²) in [6.07, 6.45) is 3.21. The van der Waals surface area contributed by atoms with Crippen molar-refractivity contribution < 1.29 is 33.4 Å². The number of anilines is 2. The summed E-state index contributed by atoms with van der Waals surface area (Å²) in [5.41, 5.74) is 3.25. The van der Waals surface area contributed by atoms with Gasteiger partial charge in [0.05, 0.1) is 39.5 Å². The molecule has 0 radical (unpaired) electrons. The van der Waals surface area contributed by atoms with Gasteiger partial charge in [0.15, 0.2) is 23.1 Å². The molecule has 44 heavy (non-hydrogen) atoms. The number of ether oxygens (including phenoxy) is 3. The van der Waals surface area contributed by atoms with Crippen molar-refractivity contribution in [2.75, 3.05) is 57.3 Å². The normalized spacial score (nSPS) is 17.3. The summed E-state index contributed by atoms with van der Waals surface area (Å²) < 4.78 is 16.1. The molecule has 0 aromatic heterocycles. The predicted octanol–water partition coefficient (Wildman–Crippen LogP) is 4.27. The third kappa shape index (κ3) is 6.21. The highest BCUT2D eigenvalue weighted by Gasteiger charge is 2.43. The fraction of sp³-hybridized carbons (Fsp3) is 0.294. The molecule has 10 heteroatoms. The minimum Gasteiger partial charge on any atom is -0.493 e. The number of hydrogen-bond acceptors (Lipinski definition) is 9. The van der Waals surface area contributed by atoms with E-state index in [1.807, 2.05) is 24.3 Å². The topological polar surface area (TPSA) is 106 Å². The molecule has 3 aromatic carbocycles. The zero-order valence-corrected chi connectivity index (χ0v) is 25.2. The third-order valence-corrected chi connectivity index (χ3v) is 8.04. The van der Waals surface area contributed by atoms with Crippen molar-refractivity contribution in [3.63, 3.8) is 0 Å². The monoisotopic (exact) mass is 597 g/mol. The molecule has 3 aromatic rings. The van der Waals surface area contributed by atoms with Crippen molar-refractivity contribution in [3.05, 3.63) is 83.4 Å². The SMILES string of the molecule is COc1cc(/C=C/C(=O)c2ccc(N3C(=O)C[C@@H](N4CCN(c5ccc(C(C)=O)cc5)CC4)C3=O)cc2)cc(OC)c1OC. The fourth-order valence-corrected chi connectivity index (χ4v) is 5.61. The lowest BCUT2D eigenvalue weighted by molar-refractivity contribution is -0.123. The number of carbonyl (C=O) groups excluding carboxylic acids is 4. The van der Waals surface area contributed by atoms with Crippen LogP contribution in [0, 0.1) is 0 Å². The van der Waals surface area contributed by atoms with Crippen molar-refractivity contribution >= 4 is 40.8 Å². The van der Waals surface area contributed by atoms with Crippen molar-refractivity contribution in [1.29, 1.82) is 0 Å². The summed E-state index contributed by atoms with van der Waals surface area (Å²) in [7, 11) is 4.57. The van der Waals surface area contributed by atoms with E-state index >= 15 is 0 Å². The molecule has 2 amide bonds. The summed E-state index contributed by atoms with van der Waals surface area (Å²) in [5, 5.41) is 0. The van der Waals surface area contributed by atoms with Crippen LogP contribution in [-0.2, 0) is 9.59 Å². The molecule has 10 nitrogen and oxygen atoms in total. The highest BCUT2D eigenvalue weighted by Crippen LogP contribution is 2.38. The number of allylic oxidation sites excluding steroid dienone is 1. The average Bonchev–Trinajstić information content (AvgIpc) is 3.36. The third-order valence-electron chi connectivity index (χ3n) is 8.04. The number of hydrogen-bond donors (Lipinski definition) is 0. The largest absolute Gasteiger partial charge is 0.493 e. The lowest BCUT2D eigenvalue weighted by Gasteiger charge is -2.38. The number of imide groups is 1. The van der Waals surface area contributed by atoms with Gasteiger partial charge in [0.1, 0.15) is 0 Å². The predicted molar refractivity (Wildman–Crippen MR) is 167 cm³/mol. The highest BCUT2D eigenvalue weighted by atomic mass is 16.5. The van der Waals surface area contributed by atoms with Gasteiger partial charge >= 0.3 is 0 Å². The Kier molecular flexibility index (Phi) is 9.10. The van der Waals surface area contributed by atoms with Crippen LogP contribution in [-0.4, -0.2) is 81.8 Å². The number of ketones is 2. The van der Waals surface area contributed by atoms with E-state index in [4.69, 9.17) is 14.2 Å². The van der Waals surface area contributed by atoms with Gasteiger partial charge in [0.2, 0.25) is 11.7 Å². The van der Waals surface area contributed by atoms with Gasteiger partial charge < -0.3 is 19.1 Å². The van der Waals surface area contributed by atoms with Crippen molar-refractivity contribution in [1.82, 2.24) is 4.90 Å². The number of amides is 2. The maximum absolute atomic E-state index is 13.4. The number of benzene rings is 3. The Morgan fingerprint density at radius 1 is 0.773 bits per heavy atom. The lowest BCUT2D eigenvalue weighted by Crippen LogP contribution is -2.52. The second kappa shape index (κ2) is 13.1. The minimum atomic E-state index is -0.521. The number of rotatable bonds is 10. The first kappa shape index (κ1) is 30.5. The van der Waals surface area contributed by atoms with Crippen LogP contribution in [0.4, 0.5) is 11.4 Å². The van der Waals surface area contributed by atoms with Crippen LogP contribution < -0.4 is 24.0 Å². The summed E-state index contributed by atoms with van der Waals surface area (Å²) >= 11 is 0. The Morgan fingerprint density at radius 3 is 1.89 bits per heavy atom. The zero-order chi connectivity index (χ0) is 31.4. The molecule has 2 aliphatic heterocycles. The Hall–Kier alpha value is -4.96. The molecule has 0 unspecified atom stereocenters. The molecule has 0 spiro atoms. The van der Waals surface area contributed by atoms with Crippen LogP contribution in [0.25, 0.3) is 6.08 Å². The van der Waals surface area contributed by atoms with E-state index in [0.717, 1.165) is 5.69 Å². The molecule has 228 valence electrons. The quantitative estimate of drug-likeness (QED) is 0.193. The smallest absolute Gasteiger partial charge is 0.251 e. The maximum atomic E-state index is 13.4. The fourth-order valence-electron chi connectivity index (χ4n) is 5.61. The summed E-state index contributed by atoms with van der Waals surface area (Å²) in [5.74, 6) is 0.686. The highest BCUT2D eigenvalue weighted by molar-refractivity contribution is 6.22. The summed E-state index contributed by atoms with van der Waals surface area (Å²) in [4.78, 5) is 56.3. The number of Topliss-reactive ketones (excluding diaryl/α,β-unsaturated/α-hetero) is 1. The molecular formula is C34H35N3O7. The number of piperazine rings is 1. The Balaban J connectivity index is 1.21. The molecule has 1 atom stereocenters. The molecule has 0 saturated carbocycles. The number of methoxy groups -OCH3 is 3. The lowest BCUT2D eigenvalue weighted by atomic mass is 10.1.